The van der Waals surface area contributed by atoms with E-state index in [0.717, 1.165) is 6.42 Å². The molecule has 0 heterocycles. The Hall–Kier alpha value is -1.86. The van der Waals surface area contributed by atoms with Crippen molar-refractivity contribution in [3.8, 4) is 0 Å². The second-order valence-electron chi connectivity index (χ2n) is 5.26. The van der Waals surface area contributed by atoms with Crippen molar-refractivity contribution in [1.29, 1.82) is 0 Å². The van der Waals surface area contributed by atoms with Crippen LogP contribution in [0.5, 0.6) is 0 Å². The first-order valence-electron chi connectivity index (χ1n) is 6.82. The molecule has 0 bridgehead atoms. The van der Waals surface area contributed by atoms with E-state index in [4.69, 9.17) is 5.73 Å². The molecule has 3 aromatic carbocycles. The van der Waals surface area contributed by atoms with Crippen LogP contribution in [0.25, 0.3) is 21.5 Å². The van der Waals surface area contributed by atoms with E-state index in [1.807, 2.05) is 0 Å². The molecule has 1 nitrogen and oxygen atoms in total. The number of rotatable bonds is 2. The van der Waals surface area contributed by atoms with Crippen molar-refractivity contribution in [3.05, 3.63) is 59.2 Å². The van der Waals surface area contributed by atoms with Crippen molar-refractivity contribution in [2.24, 2.45) is 5.73 Å². The van der Waals surface area contributed by atoms with E-state index in [-0.39, 0.29) is 0 Å². The lowest BCUT2D eigenvalue weighted by Gasteiger charge is -2.13. The molecule has 0 spiro atoms. The zero-order valence-corrected chi connectivity index (χ0v) is 11.5. The van der Waals surface area contributed by atoms with Crippen LogP contribution in [0, 0.1) is 13.8 Å². The van der Waals surface area contributed by atoms with E-state index in [1.165, 1.54) is 38.2 Å². The molecule has 3 rings (SSSR count). The monoisotopic (exact) mass is 249 g/mol. The van der Waals surface area contributed by atoms with Crippen molar-refractivity contribution in [2.75, 3.05) is 6.54 Å². The number of nitrogens with two attached hydrogens (primary N) is 1. The average molecular weight is 249 g/mol. The number of fused-ring (bicyclic) bond motifs is 2. The maximum atomic E-state index is 5.78. The molecule has 2 N–H and O–H groups in total. The fourth-order valence-corrected chi connectivity index (χ4v) is 2.89. The molecule has 0 aliphatic rings. The zero-order valence-electron chi connectivity index (χ0n) is 11.5. The highest BCUT2D eigenvalue weighted by atomic mass is 14.5. The predicted octanol–water partition coefficient (Wildman–Crippen LogP) is 4.11. The van der Waals surface area contributed by atoms with E-state index in [9.17, 15) is 0 Å². The van der Waals surface area contributed by atoms with Gasteiger partial charge in [0.1, 0.15) is 0 Å². The highest BCUT2D eigenvalue weighted by molar-refractivity contribution is 6.00. The lowest BCUT2D eigenvalue weighted by molar-refractivity contribution is 0.964. The lowest BCUT2D eigenvalue weighted by atomic mass is 9.92. The minimum absolute atomic E-state index is 0.701. The van der Waals surface area contributed by atoms with Gasteiger partial charge in [-0.05, 0) is 77.2 Å². The van der Waals surface area contributed by atoms with Crippen LogP contribution >= 0.6 is 0 Å². The molecule has 96 valence electrons. The van der Waals surface area contributed by atoms with Gasteiger partial charge in [-0.3, -0.25) is 0 Å². The van der Waals surface area contributed by atoms with Crippen molar-refractivity contribution in [3.63, 3.8) is 0 Å². The van der Waals surface area contributed by atoms with Crippen molar-refractivity contribution < 1.29 is 0 Å². The zero-order chi connectivity index (χ0) is 13.4. The van der Waals surface area contributed by atoms with Crippen molar-refractivity contribution in [1.82, 2.24) is 0 Å². The molecular weight excluding hydrogens is 230 g/mol. The largest absolute Gasteiger partial charge is 0.330 e. The number of benzene rings is 3. The minimum Gasteiger partial charge on any atom is -0.330 e. The third-order valence-corrected chi connectivity index (χ3v) is 4.05. The van der Waals surface area contributed by atoms with E-state index < -0.39 is 0 Å². The molecule has 0 unspecified atom stereocenters. The van der Waals surface area contributed by atoms with Crippen LogP contribution in [0.1, 0.15) is 16.7 Å². The molecule has 0 atom stereocenters. The van der Waals surface area contributed by atoms with Crippen LogP contribution in [0.3, 0.4) is 0 Å². The second kappa shape index (κ2) is 4.67. The van der Waals surface area contributed by atoms with Crippen LogP contribution in [0.4, 0.5) is 0 Å². The maximum Gasteiger partial charge on any atom is -0.00364 e. The summed E-state index contributed by atoms with van der Waals surface area (Å²) in [6.07, 6.45) is 0.947. The molecule has 19 heavy (non-hydrogen) atoms. The summed E-state index contributed by atoms with van der Waals surface area (Å²) in [6, 6.07) is 15.4. The fourth-order valence-electron chi connectivity index (χ4n) is 2.89. The first-order valence-corrected chi connectivity index (χ1v) is 6.82. The van der Waals surface area contributed by atoms with Crippen LogP contribution in [-0.2, 0) is 6.42 Å². The Balaban J connectivity index is 2.42. The molecule has 0 radical (unpaired) electrons. The molecular formula is C18H19N. The molecule has 0 saturated carbocycles. The van der Waals surface area contributed by atoms with Gasteiger partial charge in [0.25, 0.3) is 0 Å². The Kier molecular flexibility index (Phi) is 3.00. The normalized spacial score (nSPS) is 11.3. The molecule has 0 aromatic heterocycles. The molecule has 0 saturated heterocycles. The van der Waals surface area contributed by atoms with Gasteiger partial charge in [-0.15, -0.1) is 0 Å². The van der Waals surface area contributed by atoms with Crippen LogP contribution in [0.15, 0.2) is 42.5 Å². The topological polar surface area (TPSA) is 26.0 Å². The number of aryl methyl sites for hydroxylation is 1. The Morgan fingerprint density at radius 2 is 1.58 bits per heavy atom. The van der Waals surface area contributed by atoms with E-state index in [1.54, 1.807) is 0 Å². The summed E-state index contributed by atoms with van der Waals surface area (Å²) < 4.78 is 0. The van der Waals surface area contributed by atoms with Gasteiger partial charge < -0.3 is 5.73 Å². The first kappa shape index (κ1) is 12.2. The highest BCUT2D eigenvalue weighted by Gasteiger charge is 2.08. The Labute approximate surface area is 114 Å². The molecule has 1 heteroatoms. The summed E-state index contributed by atoms with van der Waals surface area (Å²) in [5, 5.41) is 5.28. The maximum absolute atomic E-state index is 5.78. The third kappa shape index (κ3) is 2.00. The van der Waals surface area contributed by atoms with Gasteiger partial charge in [-0.2, -0.15) is 0 Å². The van der Waals surface area contributed by atoms with E-state index in [0.29, 0.717) is 6.54 Å². The smallest absolute Gasteiger partial charge is 0.00364 e. The lowest BCUT2D eigenvalue weighted by Crippen LogP contribution is -2.05. The Morgan fingerprint density at radius 3 is 2.26 bits per heavy atom. The van der Waals surface area contributed by atoms with Gasteiger partial charge in [0.05, 0.1) is 0 Å². The van der Waals surface area contributed by atoms with E-state index in [2.05, 4.69) is 56.3 Å². The summed E-state index contributed by atoms with van der Waals surface area (Å²) >= 11 is 0. The minimum atomic E-state index is 0.701. The summed E-state index contributed by atoms with van der Waals surface area (Å²) in [6.45, 7) is 5.09. The Morgan fingerprint density at radius 1 is 0.895 bits per heavy atom. The average Bonchev–Trinajstić information content (AvgIpc) is 2.42. The SMILES string of the molecule is Cc1cc2cc3ccccc3cc2c(CCN)c1C. The van der Waals surface area contributed by atoms with Gasteiger partial charge in [0.15, 0.2) is 0 Å². The van der Waals surface area contributed by atoms with Gasteiger partial charge in [-0.25, -0.2) is 0 Å². The molecule has 3 aromatic rings. The highest BCUT2D eigenvalue weighted by Crippen LogP contribution is 2.29. The number of hydrogen-bond acceptors (Lipinski definition) is 1. The fraction of sp³-hybridized carbons (Fsp3) is 0.222. The molecule has 0 amide bonds. The van der Waals surface area contributed by atoms with Crippen molar-refractivity contribution in [2.45, 2.75) is 20.3 Å². The predicted molar refractivity (Wildman–Crippen MR) is 83.7 cm³/mol. The third-order valence-electron chi connectivity index (χ3n) is 4.05. The van der Waals surface area contributed by atoms with Gasteiger partial charge in [-0.1, -0.05) is 30.3 Å². The summed E-state index contributed by atoms with van der Waals surface area (Å²) in [5.74, 6) is 0. The summed E-state index contributed by atoms with van der Waals surface area (Å²) in [5.41, 5.74) is 9.92. The second-order valence-corrected chi connectivity index (χ2v) is 5.26. The van der Waals surface area contributed by atoms with Crippen LogP contribution < -0.4 is 5.73 Å². The van der Waals surface area contributed by atoms with Gasteiger partial charge >= 0.3 is 0 Å². The van der Waals surface area contributed by atoms with Gasteiger partial charge in [0, 0.05) is 0 Å². The van der Waals surface area contributed by atoms with E-state index >= 15 is 0 Å². The van der Waals surface area contributed by atoms with Crippen molar-refractivity contribution >= 4 is 21.5 Å². The Bertz CT molecular complexity index is 756. The first-order chi connectivity index (χ1) is 9.20. The van der Waals surface area contributed by atoms with Gasteiger partial charge in [0.2, 0.25) is 0 Å². The quantitative estimate of drug-likeness (QED) is 0.679. The molecule has 0 aliphatic carbocycles. The molecule has 0 aliphatic heterocycles. The summed E-state index contributed by atoms with van der Waals surface area (Å²) in [7, 11) is 0. The van der Waals surface area contributed by atoms with Crippen LogP contribution in [0.2, 0.25) is 0 Å². The van der Waals surface area contributed by atoms with Crippen LogP contribution in [-0.4, -0.2) is 6.54 Å². The number of hydrogen-bond donors (Lipinski definition) is 1. The standard InChI is InChI=1S/C18H19N/c1-12-9-16-10-14-5-3-4-6-15(14)11-18(16)17(7-8-19)13(12)2/h3-6,9-11H,7-8,19H2,1-2H3. The molecule has 0 fully saturated rings. The summed E-state index contributed by atoms with van der Waals surface area (Å²) in [4.78, 5) is 0.